The van der Waals surface area contributed by atoms with E-state index in [9.17, 15) is 0 Å². The molecule has 1 heterocycles. The molecule has 1 fully saturated rings. The van der Waals surface area contributed by atoms with Crippen LogP contribution in [0.2, 0.25) is 0 Å². The summed E-state index contributed by atoms with van der Waals surface area (Å²) in [6.07, 6.45) is 0. The predicted octanol–water partition coefficient (Wildman–Crippen LogP) is 1.58. The standard InChI is InChI=1S/C13H21N3/c1-11-4-3-5-12(2)13(11)15-10-16-8-6-14-7-9-16/h3-5,14-15H,6-10H2,1-2H3. The first-order chi connectivity index (χ1) is 7.77. The Hall–Kier alpha value is -1.06. The molecular formula is C13H21N3. The Bertz CT molecular complexity index is 323. The number of para-hydroxylation sites is 1. The van der Waals surface area contributed by atoms with E-state index in [-0.39, 0.29) is 0 Å². The van der Waals surface area contributed by atoms with Crippen molar-refractivity contribution in [3.05, 3.63) is 29.3 Å². The molecule has 0 spiro atoms. The van der Waals surface area contributed by atoms with Crippen LogP contribution < -0.4 is 10.6 Å². The van der Waals surface area contributed by atoms with Gasteiger partial charge in [0.25, 0.3) is 0 Å². The van der Waals surface area contributed by atoms with Crippen LogP contribution in [0.3, 0.4) is 0 Å². The molecule has 2 N–H and O–H groups in total. The molecule has 2 rings (SSSR count). The summed E-state index contributed by atoms with van der Waals surface area (Å²) in [7, 11) is 0. The Morgan fingerprint density at radius 3 is 2.44 bits per heavy atom. The summed E-state index contributed by atoms with van der Waals surface area (Å²) in [5.41, 5.74) is 3.95. The molecule has 0 unspecified atom stereocenters. The van der Waals surface area contributed by atoms with Crippen molar-refractivity contribution in [3.63, 3.8) is 0 Å². The first-order valence-corrected chi connectivity index (χ1v) is 6.00. The zero-order valence-corrected chi connectivity index (χ0v) is 10.2. The smallest absolute Gasteiger partial charge is 0.0679 e. The lowest BCUT2D eigenvalue weighted by molar-refractivity contribution is 0.256. The van der Waals surface area contributed by atoms with Gasteiger partial charge in [-0.3, -0.25) is 4.90 Å². The first kappa shape index (κ1) is 11.4. The third-order valence-corrected chi connectivity index (χ3v) is 3.17. The molecule has 1 aromatic rings. The molecule has 0 amide bonds. The molecule has 0 aliphatic carbocycles. The fourth-order valence-electron chi connectivity index (χ4n) is 2.15. The van der Waals surface area contributed by atoms with Crippen LogP contribution >= 0.6 is 0 Å². The highest BCUT2D eigenvalue weighted by Crippen LogP contribution is 2.19. The van der Waals surface area contributed by atoms with Crippen molar-refractivity contribution >= 4 is 5.69 Å². The number of nitrogens with zero attached hydrogens (tertiary/aromatic N) is 1. The van der Waals surface area contributed by atoms with E-state index in [1.807, 2.05) is 0 Å². The summed E-state index contributed by atoms with van der Waals surface area (Å²) in [4.78, 5) is 2.45. The second kappa shape index (κ2) is 5.32. The van der Waals surface area contributed by atoms with Crippen LogP contribution in [0.15, 0.2) is 18.2 Å². The summed E-state index contributed by atoms with van der Waals surface area (Å²) in [6.45, 7) is 9.76. The lowest BCUT2D eigenvalue weighted by Gasteiger charge is -2.28. The highest BCUT2D eigenvalue weighted by Gasteiger charge is 2.09. The molecule has 0 saturated carbocycles. The van der Waals surface area contributed by atoms with Crippen molar-refractivity contribution in [3.8, 4) is 0 Å². The number of aryl methyl sites for hydroxylation is 2. The molecular weight excluding hydrogens is 198 g/mol. The summed E-state index contributed by atoms with van der Waals surface area (Å²) in [5, 5.41) is 6.92. The molecule has 0 radical (unpaired) electrons. The summed E-state index contributed by atoms with van der Waals surface area (Å²) in [6, 6.07) is 6.43. The SMILES string of the molecule is Cc1cccc(C)c1NCN1CCNCC1. The van der Waals surface area contributed by atoms with Crippen LogP contribution in [0.4, 0.5) is 5.69 Å². The number of piperazine rings is 1. The minimum Gasteiger partial charge on any atom is -0.372 e. The second-order valence-electron chi connectivity index (χ2n) is 4.47. The van der Waals surface area contributed by atoms with Crippen LogP contribution in [0.25, 0.3) is 0 Å². The van der Waals surface area contributed by atoms with Gasteiger partial charge in [-0.2, -0.15) is 0 Å². The van der Waals surface area contributed by atoms with Gasteiger partial charge in [-0.1, -0.05) is 18.2 Å². The summed E-state index contributed by atoms with van der Waals surface area (Å²) in [5.74, 6) is 0. The van der Waals surface area contributed by atoms with Crippen molar-refractivity contribution < 1.29 is 0 Å². The molecule has 0 atom stereocenters. The lowest BCUT2D eigenvalue weighted by atomic mass is 10.1. The molecule has 88 valence electrons. The number of nitrogens with one attached hydrogen (secondary N) is 2. The minimum absolute atomic E-state index is 0.952. The van der Waals surface area contributed by atoms with E-state index in [1.54, 1.807) is 0 Å². The van der Waals surface area contributed by atoms with Gasteiger partial charge >= 0.3 is 0 Å². The number of rotatable bonds is 3. The van der Waals surface area contributed by atoms with Gasteiger partial charge in [-0.15, -0.1) is 0 Å². The highest BCUT2D eigenvalue weighted by molar-refractivity contribution is 5.56. The van der Waals surface area contributed by atoms with E-state index in [0.29, 0.717) is 0 Å². The number of hydrogen-bond donors (Lipinski definition) is 2. The van der Waals surface area contributed by atoms with E-state index in [0.717, 1.165) is 32.8 Å². The van der Waals surface area contributed by atoms with Crippen LogP contribution in [-0.2, 0) is 0 Å². The van der Waals surface area contributed by atoms with Crippen LogP contribution in [0.1, 0.15) is 11.1 Å². The summed E-state index contributed by atoms with van der Waals surface area (Å²) < 4.78 is 0. The van der Waals surface area contributed by atoms with E-state index in [4.69, 9.17) is 0 Å². The fraction of sp³-hybridized carbons (Fsp3) is 0.538. The third-order valence-electron chi connectivity index (χ3n) is 3.17. The van der Waals surface area contributed by atoms with Gasteiger partial charge in [0.1, 0.15) is 0 Å². The maximum absolute atomic E-state index is 3.55. The van der Waals surface area contributed by atoms with Crippen LogP contribution in [0, 0.1) is 13.8 Å². The largest absolute Gasteiger partial charge is 0.372 e. The molecule has 0 bridgehead atoms. The van der Waals surface area contributed by atoms with E-state index < -0.39 is 0 Å². The zero-order valence-electron chi connectivity index (χ0n) is 10.2. The highest BCUT2D eigenvalue weighted by atomic mass is 15.3. The molecule has 3 heteroatoms. The maximum Gasteiger partial charge on any atom is 0.0679 e. The van der Waals surface area contributed by atoms with Gasteiger partial charge in [0.05, 0.1) is 6.67 Å². The van der Waals surface area contributed by atoms with Crippen molar-refractivity contribution in [2.75, 3.05) is 38.2 Å². The van der Waals surface area contributed by atoms with Crippen LogP contribution in [-0.4, -0.2) is 37.7 Å². The maximum atomic E-state index is 3.55. The molecule has 3 nitrogen and oxygen atoms in total. The van der Waals surface area contributed by atoms with Gasteiger partial charge < -0.3 is 10.6 Å². The Kier molecular flexibility index (Phi) is 3.80. The summed E-state index contributed by atoms with van der Waals surface area (Å²) >= 11 is 0. The van der Waals surface area contributed by atoms with E-state index in [1.165, 1.54) is 16.8 Å². The normalized spacial score (nSPS) is 17.4. The van der Waals surface area contributed by atoms with Gasteiger partial charge in [0, 0.05) is 31.9 Å². The van der Waals surface area contributed by atoms with E-state index in [2.05, 4.69) is 47.6 Å². The van der Waals surface area contributed by atoms with Gasteiger partial charge in [0.15, 0.2) is 0 Å². The lowest BCUT2D eigenvalue weighted by Crippen LogP contribution is -2.45. The quantitative estimate of drug-likeness (QED) is 0.808. The Labute approximate surface area is 97.8 Å². The number of hydrogen-bond acceptors (Lipinski definition) is 3. The topological polar surface area (TPSA) is 27.3 Å². The Balaban J connectivity index is 1.93. The molecule has 1 aromatic carbocycles. The molecule has 1 saturated heterocycles. The molecule has 1 aliphatic heterocycles. The first-order valence-electron chi connectivity index (χ1n) is 6.00. The average Bonchev–Trinajstić information content (AvgIpc) is 2.30. The van der Waals surface area contributed by atoms with Gasteiger partial charge in [0.2, 0.25) is 0 Å². The third kappa shape index (κ3) is 2.74. The number of anilines is 1. The van der Waals surface area contributed by atoms with E-state index >= 15 is 0 Å². The number of benzene rings is 1. The van der Waals surface area contributed by atoms with Crippen LogP contribution in [0.5, 0.6) is 0 Å². The molecule has 1 aliphatic rings. The second-order valence-corrected chi connectivity index (χ2v) is 4.47. The minimum atomic E-state index is 0.952. The van der Waals surface area contributed by atoms with Gasteiger partial charge in [-0.05, 0) is 25.0 Å². The Morgan fingerprint density at radius 1 is 1.19 bits per heavy atom. The Morgan fingerprint density at radius 2 is 1.81 bits per heavy atom. The molecule has 0 aromatic heterocycles. The van der Waals surface area contributed by atoms with Crippen molar-refractivity contribution in [1.82, 2.24) is 10.2 Å². The average molecular weight is 219 g/mol. The molecule has 16 heavy (non-hydrogen) atoms. The van der Waals surface area contributed by atoms with Gasteiger partial charge in [-0.25, -0.2) is 0 Å². The fourth-order valence-corrected chi connectivity index (χ4v) is 2.15. The van der Waals surface area contributed by atoms with Crippen molar-refractivity contribution in [2.45, 2.75) is 13.8 Å². The zero-order chi connectivity index (χ0) is 11.4. The van der Waals surface area contributed by atoms with Crippen molar-refractivity contribution in [2.24, 2.45) is 0 Å². The predicted molar refractivity (Wildman–Crippen MR) is 68.8 cm³/mol. The van der Waals surface area contributed by atoms with Crippen molar-refractivity contribution in [1.29, 1.82) is 0 Å². The monoisotopic (exact) mass is 219 g/mol.